The van der Waals surface area contributed by atoms with Crippen LogP contribution in [0.2, 0.25) is 0 Å². The number of carbonyl (C=O) groups is 2. The van der Waals surface area contributed by atoms with Crippen LogP contribution in [0.5, 0.6) is 5.75 Å². The molecule has 2 amide bonds. The van der Waals surface area contributed by atoms with Crippen molar-refractivity contribution in [2.45, 2.75) is 39.2 Å². The third-order valence-electron chi connectivity index (χ3n) is 4.02. The molecule has 0 bridgehead atoms. The summed E-state index contributed by atoms with van der Waals surface area (Å²) in [6.45, 7) is 7.39. The van der Waals surface area contributed by atoms with Crippen molar-refractivity contribution in [3.63, 3.8) is 0 Å². The summed E-state index contributed by atoms with van der Waals surface area (Å²) in [6, 6.07) is 4.04. The number of benzene rings is 1. The van der Waals surface area contributed by atoms with Gasteiger partial charge < -0.3 is 25.4 Å². The van der Waals surface area contributed by atoms with E-state index >= 15 is 0 Å². The van der Waals surface area contributed by atoms with Crippen LogP contribution >= 0.6 is 0 Å². The lowest BCUT2D eigenvalue weighted by molar-refractivity contribution is 0.0517. The number of ether oxygens (including phenoxy) is 2. The highest BCUT2D eigenvalue weighted by molar-refractivity contribution is 5.72. The predicted molar refractivity (Wildman–Crippen MR) is 95.8 cm³/mol. The Kier molecular flexibility index (Phi) is 6.28. The number of hydrogen-bond acceptors (Lipinski definition) is 5. The molecule has 7 nitrogen and oxygen atoms in total. The maximum absolute atomic E-state index is 13.4. The zero-order valence-electron chi connectivity index (χ0n) is 15.4. The molecule has 26 heavy (non-hydrogen) atoms. The molecular formula is C18H26FN3O4. The molecule has 1 aromatic rings. The molecule has 1 aliphatic rings. The zero-order valence-corrected chi connectivity index (χ0v) is 15.4. The summed E-state index contributed by atoms with van der Waals surface area (Å²) in [5.74, 6) is -0.0657. The lowest BCUT2D eigenvalue weighted by Crippen LogP contribution is -2.40. The molecule has 1 saturated heterocycles. The molecule has 0 radical (unpaired) electrons. The van der Waals surface area contributed by atoms with Gasteiger partial charge in [-0.15, -0.1) is 0 Å². The van der Waals surface area contributed by atoms with Crippen LogP contribution in [0.15, 0.2) is 18.2 Å². The maximum Gasteiger partial charge on any atom is 0.410 e. The summed E-state index contributed by atoms with van der Waals surface area (Å²) in [6.07, 6.45) is 0.274. The van der Waals surface area contributed by atoms with E-state index in [0.29, 0.717) is 31.2 Å². The van der Waals surface area contributed by atoms with Crippen molar-refractivity contribution in [2.24, 2.45) is 11.7 Å². The van der Waals surface area contributed by atoms with Crippen molar-refractivity contribution in [3.8, 4) is 5.75 Å². The van der Waals surface area contributed by atoms with Crippen molar-refractivity contribution >= 4 is 17.9 Å². The Hall–Kier alpha value is -2.51. The second-order valence-electron chi connectivity index (χ2n) is 7.35. The van der Waals surface area contributed by atoms with Gasteiger partial charge in [-0.3, -0.25) is 0 Å². The summed E-state index contributed by atoms with van der Waals surface area (Å²) in [7, 11) is 0. The van der Waals surface area contributed by atoms with Gasteiger partial charge >= 0.3 is 12.2 Å². The molecule has 0 saturated carbocycles. The van der Waals surface area contributed by atoms with Gasteiger partial charge in [0.1, 0.15) is 11.4 Å². The fourth-order valence-corrected chi connectivity index (χ4v) is 2.86. The standard InChI is InChI=1S/C18H26FN3O4/c1-18(2,3)26-17(24)21-11-12-6-8-22(9-7-12)14-5-4-13(19)10-15(14)25-16(20)23/h4-5,10,12H,6-9,11H2,1-3H3,(H2,20,23)(H,21,24). The molecule has 1 aromatic carbocycles. The van der Waals surface area contributed by atoms with Crippen LogP contribution in [0.25, 0.3) is 0 Å². The van der Waals surface area contributed by atoms with Crippen LogP contribution in [0.1, 0.15) is 33.6 Å². The quantitative estimate of drug-likeness (QED) is 0.853. The molecule has 1 heterocycles. The summed E-state index contributed by atoms with van der Waals surface area (Å²) < 4.78 is 23.6. The first-order valence-corrected chi connectivity index (χ1v) is 8.62. The minimum absolute atomic E-state index is 0.114. The van der Waals surface area contributed by atoms with Crippen molar-refractivity contribution in [1.29, 1.82) is 0 Å². The SMILES string of the molecule is CC(C)(C)OC(=O)NCC1CCN(c2ccc(F)cc2OC(N)=O)CC1. The van der Waals surface area contributed by atoms with E-state index in [-0.39, 0.29) is 5.75 Å². The number of nitrogens with one attached hydrogen (secondary N) is 1. The van der Waals surface area contributed by atoms with Crippen LogP contribution in [0.4, 0.5) is 19.7 Å². The molecule has 1 fully saturated rings. The third-order valence-corrected chi connectivity index (χ3v) is 4.02. The summed E-state index contributed by atoms with van der Waals surface area (Å²) in [5.41, 5.74) is 5.16. The van der Waals surface area contributed by atoms with E-state index in [2.05, 4.69) is 5.32 Å². The minimum atomic E-state index is -0.978. The van der Waals surface area contributed by atoms with Gasteiger partial charge in [-0.25, -0.2) is 14.0 Å². The number of carbonyl (C=O) groups excluding carboxylic acids is 2. The van der Waals surface area contributed by atoms with E-state index in [4.69, 9.17) is 15.2 Å². The van der Waals surface area contributed by atoms with Crippen molar-refractivity contribution in [2.75, 3.05) is 24.5 Å². The zero-order chi connectivity index (χ0) is 19.3. The number of rotatable bonds is 4. The molecule has 0 aliphatic carbocycles. The van der Waals surface area contributed by atoms with Crippen molar-refractivity contribution < 1.29 is 23.5 Å². The lowest BCUT2D eigenvalue weighted by atomic mass is 9.96. The number of anilines is 1. The highest BCUT2D eigenvalue weighted by Crippen LogP contribution is 2.32. The van der Waals surface area contributed by atoms with E-state index in [9.17, 15) is 14.0 Å². The van der Waals surface area contributed by atoms with Crippen molar-refractivity contribution in [1.82, 2.24) is 5.32 Å². The number of nitrogens with two attached hydrogens (primary N) is 1. The van der Waals surface area contributed by atoms with Gasteiger partial charge in [-0.2, -0.15) is 0 Å². The van der Waals surface area contributed by atoms with Gasteiger partial charge in [0.25, 0.3) is 0 Å². The Bertz CT molecular complexity index is 652. The largest absolute Gasteiger partial charge is 0.444 e. The van der Waals surface area contributed by atoms with Crippen LogP contribution in [0, 0.1) is 11.7 Å². The number of halogens is 1. The molecule has 1 aliphatic heterocycles. The molecule has 144 valence electrons. The van der Waals surface area contributed by atoms with E-state index in [1.807, 2.05) is 25.7 Å². The molecule has 0 atom stereocenters. The molecule has 2 rings (SSSR count). The summed E-state index contributed by atoms with van der Waals surface area (Å²) in [5, 5.41) is 2.79. The third kappa shape index (κ3) is 6.09. The molecule has 3 N–H and O–H groups in total. The van der Waals surface area contributed by atoms with Gasteiger partial charge in [0, 0.05) is 25.7 Å². The number of alkyl carbamates (subject to hydrolysis) is 1. The molecule has 0 aromatic heterocycles. The molecule has 8 heteroatoms. The Morgan fingerprint density at radius 3 is 2.54 bits per heavy atom. The lowest BCUT2D eigenvalue weighted by Gasteiger charge is -2.34. The van der Waals surface area contributed by atoms with E-state index in [1.54, 1.807) is 6.07 Å². The first-order valence-electron chi connectivity index (χ1n) is 8.62. The molecule has 0 spiro atoms. The van der Waals surface area contributed by atoms with Gasteiger partial charge in [-0.05, 0) is 51.7 Å². The Morgan fingerprint density at radius 1 is 1.31 bits per heavy atom. The van der Waals surface area contributed by atoms with Crippen LogP contribution in [-0.2, 0) is 4.74 Å². The normalized spacial score (nSPS) is 15.5. The van der Waals surface area contributed by atoms with Gasteiger partial charge in [0.15, 0.2) is 5.75 Å². The van der Waals surface area contributed by atoms with Crippen LogP contribution in [-0.4, -0.2) is 37.4 Å². The van der Waals surface area contributed by atoms with E-state index in [0.717, 1.165) is 18.9 Å². The number of piperidine rings is 1. The monoisotopic (exact) mass is 367 g/mol. The number of hydrogen-bond donors (Lipinski definition) is 2. The van der Waals surface area contributed by atoms with Gasteiger partial charge in [-0.1, -0.05) is 0 Å². The Morgan fingerprint density at radius 2 is 1.96 bits per heavy atom. The summed E-state index contributed by atoms with van der Waals surface area (Å²) in [4.78, 5) is 24.8. The smallest absolute Gasteiger partial charge is 0.410 e. The van der Waals surface area contributed by atoms with Crippen molar-refractivity contribution in [3.05, 3.63) is 24.0 Å². The van der Waals surface area contributed by atoms with Gasteiger partial charge in [0.05, 0.1) is 5.69 Å². The average Bonchev–Trinajstić information content (AvgIpc) is 2.51. The topological polar surface area (TPSA) is 93.9 Å². The van der Waals surface area contributed by atoms with E-state index < -0.39 is 23.6 Å². The maximum atomic E-state index is 13.4. The highest BCUT2D eigenvalue weighted by Gasteiger charge is 2.24. The van der Waals surface area contributed by atoms with Crippen LogP contribution in [0.3, 0.4) is 0 Å². The number of nitrogens with zero attached hydrogens (tertiary/aromatic N) is 1. The minimum Gasteiger partial charge on any atom is -0.444 e. The van der Waals surface area contributed by atoms with Gasteiger partial charge in [0.2, 0.25) is 0 Å². The first-order chi connectivity index (χ1) is 12.1. The number of primary amides is 1. The number of amides is 2. The fourth-order valence-electron chi connectivity index (χ4n) is 2.86. The second kappa shape index (κ2) is 8.25. The average molecular weight is 367 g/mol. The molecule has 0 unspecified atom stereocenters. The van der Waals surface area contributed by atoms with E-state index in [1.165, 1.54) is 6.07 Å². The van der Waals surface area contributed by atoms with Crippen LogP contribution < -0.4 is 20.7 Å². The molecular weight excluding hydrogens is 341 g/mol. The Balaban J connectivity index is 1.89. The second-order valence-corrected chi connectivity index (χ2v) is 7.35. The fraction of sp³-hybridized carbons (Fsp3) is 0.556. The first kappa shape index (κ1) is 19.8. The predicted octanol–water partition coefficient (Wildman–Crippen LogP) is 3.02. The summed E-state index contributed by atoms with van der Waals surface area (Å²) >= 11 is 0. The Labute approximate surface area is 152 Å². The highest BCUT2D eigenvalue weighted by atomic mass is 19.1.